The topological polar surface area (TPSA) is 107 Å². The number of aliphatic hydroxyl groups is 4. The quantitative estimate of drug-likeness (QED) is 0.445. The molecule has 6 nitrogen and oxygen atoms in total. The average Bonchev–Trinajstić information content (AvgIpc) is 2.22. The van der Waals surface area contributed by atoms with Crippen molar-refractivity contribution in [2.75, 3.05) is 6.61 Å². The van der Waals surface area contributed by atoms with E-state index in [1.807, 2.05) is 6.92 Å². The third kappa shape index (κ3) is 2.70. The van der Waals surface area contributed by atoms with Gasteiger partial charge in [0.15, 0.2) is 5.60 Å². The Morgan fingerprint density at radius 2 is 1.81 bits per heavy atom. The van der Waals surface area contributed by atoms with Crippen LogP contribution in [0.2, 0.25) is 0 Å². The highest BCUT2D eigenvalue weighted by atomic mass is 16.5. The molecule has 1 rings (SSSR count). The second kappa shape index (κ2) is 5.09. The largest absolute Gasteiger partial charge is 0.464 e. The molecule has 0 aromatic carbocycles. The van der Waals surface area contributed by atoms with Crippen molar-refractivity contribution in [1.29, 1.82) is 0 Å². The van der Waals surface area contributed by atoms with E-state index in [-0.39, 0.29) is 19.4 Å². The lowest BCUT2D eigenvalue weighted by Crippen LogP contribution is -2.56. The lowest BCUT2D eigenvalue weighted by molar-refractivity contribution is -0.192. The van der Waals surface area contributed by atoms with E-state index >= 15 is 0 Å². The normalized spacial score (nSPS) is 39.4. The molecule has 0 saturated heterocycles. The molecule has 94 valence electrons. The minimum atomic E-state index is -1.91. The molecule has 0 aromatic rings. The molecule has 0 heterocycles. The summed E-state index contributed by atoms with van der Waals surface area (Å²) in [5.41, 5.74) is -1.91. The predicted octanol–water partition coefficient (Wildman–Crippen LogP) is -1.45. The van der Waals surface area contributed by atoms with Gasteiger partial charge in [0, 0.05) is 12.8 Å². The Kier molecular flexibility index (Phi) is 4.26. The Morgan fingerprint density at radius 3 is 2.25 bits per heavy atom. The van der Waals surface area contributed by atoms with Crippen molar-refractivity contribution in [3.63, 3.8) is 0 Å². The molecule has 2 atom stereocenters. The molecule has 1 aliphatic carbocycles. The first-order chi connectivity index (χ1) is 7.40. The van der Waals surface area contributed by atoms with Crippen molar-refractivity contribution in [2.24, 2.45) is 0 Å². The molecule has 1 aliphatic rings. The van der Waals surface area contributed by atoms with Gasteiger partial charge in [0.25, 0.3) is 0 Å². The summed E-state index contributed by atoms with van der Waals surface area (Å²) in [6.45, 7) is 1.99. The van der Waals surface area contributed by atoms with Crippen molar-refractivity contribution in [1.82, 2.24) is 0 Å². The highest BCUT2D eigenvalue weighted by Crippen LogP contribution is 2.30. The first kappa shape index (κ1) is 13.4. The van der Waals surface area contributed by atoms with E-state index in [9.17, 15) is 25.2 Å². The second-order valence-electron chi connectivity index (χ2n) is 4.20. The SMILES string of the molecule is CCCOC(=O)C1(O)C[C@@H](O)C(O)[C@H](O)C1. The van der Waals surface area contributed by atoms with Crippen LogP contribution in [-0.4, -0.2) is 56.9 Å². The maximum Gasteiger partial charge on any atom is 0.338 e. The molecule has 16 heavy (non-hydrogen) atoms. The Morgan fingerprint density at radius 1 is 1.31 bits per heavy atom. The van der Waals surface area contributed by atoms with Gasteiger partial charge < -0.3 is 25.2 Å². The third-order valence-corrected chi connectivity index (χ3v) is 2.70. The van der Waals surface area contributed by atoms with Gasteiger partial charge in [0.05, 0.1) is 18.8 Å². The molecular formula is C10H18O6. The van der Waals surface area contributed by atoms with E-state index in [2.05, 4.69) is 0 Å². The van der Waals surface area contributed by atoms with Gasteiger partial charge in [0.1, 0.15) is 6.10 Å². The lowest BCUT2D eigenvalue weighted by Gasteiger charge is -2.38. The van der Waals surface area contributed by atoms with Crippen LogP contribution in [0, 0.1) is 0 Å². The first-order valence-corrected chi connectivity index (χ1v) is 5.34. The summed E-state index contributed by atoms with van der Waals surface area (Å²) in [6, 6.07) is 0. The van der Waals surface area contributed by atoms with E-state index in [4.69, 9.17) is 4.74 Å². The minimum Gasteiger partial charge on any atom is -0.464 e. The van der Waals surface area contributed by atoms with Crippen molar-refractivity contribution >= 4 is 5.97 Å². The Balaban J connectivity index is 2.66. The number of carbonyl (C=O) groups excluding carboxylic acids is 1. The van der Waals surface area contributed by atoms with Crippen LogP contribution in [0.5, 0.6) is 0 Å². The van der Waals surface area contributed by atoms with E-state index in [0.717, 1.165) is 0 Å². The average molecular weight is 234 g/mol. The van der Waals surface area contributed by atoms with Crippen LogP contribution in [0.25, 0.3) is 0 Å². The van der Waals surface area contributed by atoms with Crippen LogP contribution in [0.15, 0.2) is 0 Å². The van der Waals surface area contributed by atoms with E-state index in [1.165, 1.54) is 0 Å². The number of aliphatic hydroxyl groups excluding tert-OH is 3. The lowest BCUT2D eigenvalue weighted by atomic mass is 9.80. The molecule has 0 amide bonds. The predicted molar refractivity (Wildman–Crippen MR) is 53.5 cm³/mol. The third-order valence-electron chi connectivity index (χ3n) is 2.70. The second-order valence-corrected chi connectivity index (χ2v) is 4.20. The minimum absolute atomic E-state index is 0.176. The summed E-state index contributed by atoms with van der Waals surface area (Å²) in [5.74, 6) is -0.862. The molecule has 0 bridgehead atoms. The maximum absolute atomic E-state index is 11.5. The molecule has 0 aliphatic heterocycles. The van der Waals surface area contributed by atoms with Gasteiger partial charge in [-0.15, -0.1) is 0 Å². The zero-order valence-electron chi connectivity index (χ0n) is 9.17. The molecule has 6 heteroatoms. The van der Waals surface area contributed by atoms with Crippen LogP contribution in [0.4, 0.5) is 0 Å². The summed E-state index contributed by atoms with van der Waals surface area (Å²) in [6.07, 6.45) is -4.03. The van der Waals surface area contributed by atoms with Crippen LogP contribution in [0.3, 0.4) is 0 Å². The van der Waals surface area contributed by atoms with Crippen LogP contribution >= 0.6 is 0 Å². The summed E-state index contributed by atoms with van der Waals surface area (Å²) in [4.78, 5) is 11.5. The zero-order valence-corrected chi connectivity index (χ0v) is 9.17. The molecule has 1 saturated carbocycles. The number of carbonyl (C=O) groups is 1. The highest BCUT2D eigenvalue weighted by molar-refractivity contribution is 5.79. The summed E-state index contributed by atoms with van der Waals surface area (Å²) in [5, 5.41) is 38.0. The Labute approximate surface area is 93.5 Å². The highest BCUT2D eigenvalue weighted by Gasteiger charge is 2.49. The first-order valence-electron chi connectivity index (χ1n) is 5.34. The number of rotatable bonds is 3. The number of hydrogen-bond acceptors (Lipinski definition) is 6. The molecular weight excluding hydrogens is 216 g/mol. The monoisotopic (exact) mass is 234 g/mol. The van der Waals surface area contributed by atoms with Crippen molar-refractivity contribution in [3.05, 3.63) is 0 Å². The van der Waals surface area contributed by atoms with Crippen molar-refractivity contribution in [2.45, 2.75) is 50.1 Å². The zero-order chi connectivity index (χ0) is 12.3. The standard InChI is InChI=1S/C10H18O6/c1-2-3-16-9(14)10(15)4-6(11)8(13)7(12)5-10/h6-8,11-13,15H,2-5H2,1H3/t6-,7-,8?,10?/m1/s1. The molecule has 0 radical (unpaired) electrons. The number of esters is 1. The van der Waals surface area contributed by atoms with Gasteiger partial charge >= 0.3 is 5.97 Å². The van der Waals surface area contributed by atoms with Gasteiger partial charge in [-0.25, -0.2) is 4.79 Å². The van der Waals surface area contributed by atoms with Crippen LogP contribution < -0.4 is 0 Å². The van der Waals surface area contributed by atoms with Gasteiger partial charge in [0.2, 0.25) is 0 Å². The Bertz CT molecular complexity index is 242. The summed E-state index contributed by atoms with van der Waals surface area (Å²) < 4.78 is 4.77. The van der Waals surface area contributed by atoms with Gasteiger partial charge in [-0.3, -0.25) is 0 Å². The van der Waals surface area contributed by atoms with Crippen LogP contribution in [0.1, 0.15) is 26.2 Å². The fraction of sp³-hybridized carbons (Fsp3) is 0.900. The fourth-order valence-electron chi connectivity index (χ4n) is 1.77. The smallest absolute Gasteiger partial charge is 0.338 e. The molecule has 0 unspecified atom stereocenters. The summed E-state index contributed by atoms with van der Waals surface area (Å²) >= 11 is 0. The van der Waals surface area contributed by atoms with Crippen LogP contribution in [-0.2, 0) is 9.53 Å². The van der Waals surface area contributed by atoms with Crippen molar-refractivity contribution < 1.29 is 30.0 Å². The van der Waals surface area contributed by atoms with Gasteiger partial charge in [-0.1, -0.05) is 6.92 Å². The fourth-order valence-corrected chi connectivity index (χ4v) is 1.77. The molecule has 0 spiro atoms. The molecule has 4 N–H and O–H groups in total. The maximum atomic E-state index is 11.5. The number of ether oxygens (including phenoxy) is 1. The van der Waals surface area contributed by atoms with Crippen molar-refractivity contribution in [3.8, 4) is 0 Å². The van der Waals surface area contributed by atoms with Gasteiger partial charge in [-0.2, -0.15) is 0 Å². The van der Waals surface area contributed by atoms with E-state index in [1.54, 1.807) is 0 Å². The molecule has 1 fully saturated rings. The van der Waals surface area contributed by atoms with Gasteiger partial charge in [-0.05, 0) is 6.42 Å². The molecule has 0 aromatic heterocycles. The number of hydrogen-bond donors (Lipinski definition) is 4. The van der Waals surface area contributed by atoms with E-state index in [0.29, 0.717) is 6.42 Å². The Hall–Kier alpha value is -0.690. The summed E-state index contributed by atoms with van der Waals surface area (Å²) in [7, 11) is 0. The van der Waals surface area contributed by atoms with E-state index < -0.39 is 29.9 Å².